The number of hydrogen-bond acceptors (Lipinski definition) is 6. The van der Waals surface area contributed by atoms with Gasteiger partial charge in [-0.25, -0.2) is 14.4 Å². The van der Waals surface area contributed by atoms with Gasteiger partial charge in [0.05, 0.1) is 11.8 Å². The van der Waals surface area contributed by atoms with Crippen molar-refractivity contribution in [1.29, 1.82) is 0 Å². The van der Waals surface area contributed by atoms with Crippen LogP contribution in [0, 0.1) is 6.92 Å². The number of thiophene rings is 1. The molecular formula is C18H16N2O5S. The number of hydrogen-bond donors (Lipinski definition) is 1. The topological polar surface area (TPSA) is 88.8 Å². The van der Waals surface area contributed by atoms with Gasteiger partial charge in [-0.05, 0) is 30.7 Å². The number of aryl methyl sites for hydroxylation is 1. The Labute approximate surface area is 152 Å². The fourth-order valence-electron chi connectivity index (χ4n) is 2.35. The predicted molar refractivity (Wildman–Crippen MR) is 100 cm³/mol. The fraction of sp³-hybridized carbons (Fsp3) is 0.167. The van der Waals surface area contributed by atoms with Gasteiger partial charge in [0, 0.05) is 18.8 Å². The van der Waals surface area contributed by atoms with E-state index in [-0.39, 0.29) is 11.6 Å². The molecule has 0 unspecified atom stereocenters. The van der Waals surface area contributed by atoms with Crippen LogP contribution in [0.4, 0.5) is 15.5 Å². The Kier molecular flexibility index (Phi) is 4.77. The van der Waals surface area contributed by atoms with E-state index in [1.54, 1.807) is 19.2 Å². The lowest BCUT2D eigenvalue weighted by molar-refractivity contribution is 0.0596. The quantitative estimate of drug-likeness (QED) is 0.710. The maximum absolute atomic E-state index is 12.4. The zero-order valence-corrected chi connectivity index (χ0v) is 15.2. The van der Waals surface area contributed by atoms with Gasteiger partial charge in [0.15, 0.2) is 5.58 Å². The normalized spacial score (nSPS) is 10.6. The molecule has 0 bridgehead atoms. The molecule has 3 aromatic rings. The molecule has 2 heterocycles. The number of nitrogens with zero attached hydrogens (tertiary/aromatic N) is 1. The molecule has 26 heavy (non-hydrogen) atoms. The number of rotatable bonds is 3. The van der Waals surface area contributed by atoms with Gasteiger partial charge in [-0.3, -0.25) is 4.90 Å². The molecule has 2 amide bonds. The number of anilines is 2. The summed E-state index contributed by atoms with van der Waals surface area (Å²) in [6, 6.07) is 10.1. The zero-order chi connectivity index (χ0) is 18.8. The van der Waals surface area contributed by atoms with Crippen molar-refractivity contribution in [2.24, 2.45) is 0 Å². The van der Waals surface area contributed by atoms with Crippen molar-refractivity contribution in [3.63, 3.8) is 0 Å². The average Bonchev–Trinajstić information content (AvgIpc) is 3.02. The number of fused-ring (bicyclic) bond motifs is 1. The van der Waals surface area contributed by atoms with E-state index in [0.29, 0.717) is 21.0 Å². The second-order valence-corrected chi connectivity index (χ2v) is 6.67. The molecule has 0 aliphatic heterocycles. The number of methoxy groups -OCH3 is 1. The molecule has 1 aromatic carbocycles. The molecule has 0 spiro atoms. The van der Waals surface area contributed by atoms with E-state index in [4.69, 9.17) is 4.42 Å². The monoisotopic (exact) mass is 372 g/mol. The van der Waals surface area contributed by atoms with E-state index in [1.807, 2.05) is 25.1 Å². The highest BCUT2D eigenvalue weighted by Gasteiger charge is 2.19. The first kappa shape index (κ1) is 17.7. The first-order valence-corrected chi connectivity index (χ1v) is 8.48. The van der Waals surface area contributed by atoms with Crippen LogP contribution < -0.4 is 15.8 Å². The van der Waals surface area contributed by atoms with Crippen LogP contribution in [0.3, 0.4) is 0 Å². The number of benzene rings is 1. The van der Waals surface area contributed by atoms with E-state index in [1.165, 1.54) is 29.4 Å². The number of nitrogens with one attached hydrogen (secondary N) is 1. The minimum absolute atomic E-state index is 0.180. The van der Waals surface area contributed by atoms with Crippen LogP contribution in [-0.4, -0.2) is 26.2 Å². The number of carbonyl (C=O) groups excluding carboxylic acids is 2. The Morgan fingerprint density at radius 3 is 2.69 bits per heavy atom. The van der Waals surface area contributed by atoms with Gasteiger partial charge in [-0.2, -0.15) is 0 Å². The number of esters is 1. The van der Waals surface area contributed by atoms with Crippen LogP contribution >= 0.6 is 11.3 Å². The fourth-order valence-corrected chi connectivity index (χ4v) is 3.34. The van der Waals surface area contributed by atoms with Gasteiger partial charge in [-0.1, -0.05) is 12.1 Å². The van der Waals surface area contributed by atoms with Crippen LogP contribution in [0.15, 0.2) is 45.6 Å². The minimum atomic E-state index is -0.777. The van der Waals surface area contributed by atoms with Crippen LogP contribution in [-0.2, 0) is 4.74 Å². The maximum Gasteiger partial charge on any atom is 0.351 e. The highest BCUT2D eigenvalue weighted by atomic mass is 32.1. The van der Waals surface area contributed by atoms with E-state index in [0.717, 1.165) is 5.56 Å². The Morgan fingerprint density at radius 1 is 1.23 bits per heavy atom. The maximum atomic E-state index is 12.4. The molecule has 1 N–H and O–H groups in total. The third-order valence-electron chi connectivity index (χ3n) is 3.72. The lowest BCUT2D eigenvalue weighted by Gasteiger charge is -2.16. The first-order chi connectivity index (χ1) is 12.4. The number of urea groups is 1. The van der Waals surface area contributed by atoms with Crippen molar-refractivity contribution in [1.82, 2.24) is 0 Å². The average molecular weight is 372 g/mol. The van der Waals surface area contributed by atoms with E-state index in [2.05, 4.69) is 10.1 Å². The van der Waals surface area contributed by atoms with Crippen LogP contribution in [0.2, 0.25) is 0 Å². The third kappa shape index (κ3) is 3.45. The molecule has 0 radical (unpaired) electrons. The first-order valence-electron chi connectivity index (χ1n) is 7.66. The summed E-state index contributed by atoms with van der Waals surface area (Å²) in [6.07, 6.45) is 0. The van der Waals surface area contributed by atoms with Crippen molar-refractivity contribution in [3.05, 3.63) is 57.9 Å². The standard InChI is InChI=1S/C18H16N2O5S/c1-10-5-4-6-11(7-10)19-18(23)20(2)15-9-13-14(26-15)8-12(16(21)24-3)17(22)25-13/h4-9H,1-3H3,(H,19,23). The highest BCUT2D eigenvalue weighted by molar-refractivity contribution is 7.22. The largest absolute Gasteiger partial charge is 0.465 e. The van der Waals surface area contributed by atoms with Gasteiger partial charge in [-0.15, -0.1) is 11.3 Å². The SMILES string of the molecule is COC(=O)c1cc2sc(N(C)C(=O)Nc3cccc(C)c3)cc2oc1=O. The molecular weight excluding hydrogens is 356 g/mol. The summed E-state index contributed by atoms with van der Waals surface area (Å²) in [7, 11) is 2.80. The second kappa shape index (κ2) is 7.01. The van der Waals surface area contributed by atoms with Crippen molar-refractivity contribution < 1.29 is 18.7 Å². The summed E-state index contributed by atoms with van der Waals surface area (Å²) < 4.78 is 10.3. The molecule has 7 nitrogen and oxygen atoms in total. The van der Waals surface area contributed by atoms with E-state index in [9.17, 15) is 14.4 Å². The smallest absolute Gasteiger partial charge is 0.351 e. The van der Waals surface area contributed by atoms with Crippen molar-refractivity contribution >= 4 is 44.3 Å². The predicted octanol–water partition coefficient (Wildman–Crippen LogP) is 3.62. The highest BCUT2D eigenvalue weighted by Crippen LogP contribution is 2.32. The molecule has 0 saturated heterocycles. The van der Waals surface area contributed by atoms with Gasteiger partial charge in [0.2, 0.25) is 0 Å². The summed E-state index contributed by atoms with van der Waals surface area (Å²) >= 11 is 1.22. The Bertz CT molecular complexity index is 1050. The summed E-state index contributed by atoms with van der Waals surface area (Å²) in [4.78, 5) is 37.3. The molecule has 3 rings (SSSR count). The van der Waals surface area contributed by atoms with Gasteiger partial charge < -0.3 is 14.5 Å². The Hall–Kier alpha value is -3.13. The van der Waals surface area contributed by atoms with Crippen LogP contribution in [0.1, 0.15) is 15.9 Å². The molecule has 2 aromatic heterocycles. The molecule has 8 heteroatoms. The molecule has 0 aliphatic carbocycles. The Morgan fingerprint density at radius 2 is 2.00 bits per heavy atom. The van der Waals surface area contributed by atoms with Crippen molar-refractivity contribution in [2.45, 2.75) is 6.92 Å². The number of ether oxygens (including phenoxy) is 1. The van der Waals surface area contributed by atoms with Crippen molar-refractivity contribution in [3.8, 4) is 0 Å². The van der Waals surface area contributed by atoms with Crippen LogP contribution in [0.5, 0.6) is 0 Å². The summed E-state index contributed by atoms with van der Waals surface area (Å²) in [5.41, 5.74) is 1.06. The van der Waals surface area contributed by atoms with Gasteiger partial charge in [0.25, 0.3) is 0 Å². The summed E-state index contributed by atoms with van der Waals surface area (Å²) in [6.45, 7) is 1.94. The van der Waals surface area contributed by atoms with Gasteiger partial charge in [0.1, 0.15) is 10.6 Å². The second-order valence-electron chi connectivity index (χ2n) is 5.61. The summed E-state index contributed by atoms with van der Waals surface area (Å²) in [5, 5.41) is 3.37. The van der Waals surface area contributed by atoms with E-state index < -0.39 is 11.6 Å². The minimum Gasteiger partial charge on any atom is -0.465 e. The lowest BCUT2D eigenvalue weighted by atomic mass is 10.2. The van der Waals surface area contributed by atoms with Gasteiger partial charge >= 0.3 is 17.6 Å². The zero-order valence-electron chi connectivity index (χ0n) is 14.4. The summed E-state index contributed by atoms with van der Waals surface area (Å²) in [5.74, 6) is -0.763. The Balaban J connectivity index is 1.88. The number of carbonyl (C=O) groups is 2. The van der Waals surface area contributed by atoms with Crippen LogP contribution in [0.25, 0.3) is 10.3 Å². The van der Waals surface area contributed by atoms with E-state index >= 15 is 0 Å². The molecule has 134 valence electrons. The number of amides is 2. The lowest BCUT2D eigenvalue weighted by Crippen LogP contribution is -2.30. The molecule has 0 atom stereocenters. The third-order valence-corrected chi connectivity index (χ3v) is 4.86. The molecule has 0 aliphatic rings. The van der Waals surface area contributed by atoms with Crippen molar-refractivity contribution in [2.75, 3.05) is 24.4 Å². The molecule has 0 saturated carbocycles. The molecule has 0 fully saturated rings.